The molecule has 3 nitrogen and oxygen atoms in total. The topological polar surface area (TPSA) is 29.9 Å². The van der Waals surface area contributed by atoms with Crippen molar-refractivity contribution in [3.05, 3.63) is 53.9 Å². The van der Waals surface area contributed by atoms with Crippen molar-refractivity contribution in [2.75, 3.05) is 6.54 Å². The van der Waals surface area contributed by atoms with E-state index < -0.39 is 0 Å². The fourth-order valence-corrected chi connectivity index (χ4v) is 1.99. The molecule has 0 bridgehead atoms. The third kappa shape index (κ3) is 4.17. The van der Waals surface area contributed by atoms with E-state index in [-0.39, 0.29) is 5.82 Å². The molecule has 2 aromatic rings. The fourth-order valence-electron chi connectivity index (χ4n) is 1.99. The number of benzene rings is 1. The molecule has 0 unspecified atom stereocenters. The second-order valence-corrected chi connectivity index (χ2v) is 4.63. The number of hydrogen-bond acceptors (Lipinski definition) is 2. The van der Waals surface area contributed by atoms with Crippen LogP contribution in [0.1, 0.15) is 24.6 Å². The van der Waals surface area contributed by atoms with Gasteiger partial charge in [-0.25, -0.2) is 9.37 Å². The Morgan fingerprint density at radius 1 is 1.26 bits per heavy atom. The summed E-state index contributed by atoms with van der Waals surface area (Å²) in [7, 11) is 0. The lowest BCUT2D eigenvalue weighted by Crippen LogP contribution is -2.17. The molecule has 0 aliphatic rings. The Balaban J connectivity index is 1.88. The minimum absolute atomic E-state index is 0.184. The largest absolute Gasteiger partial charge is 0.333 e. The molecule has 1 aromatic carbocycles. The van der Waals surface area contributed by atoms with Crippen LogP contribution in [0.2, 0.25) is 0 Å². The summed E-state index contributed by atoms with van der Waals surface area (Å²) >= 11 is 0. The maximum atomic E-state index is 12.8. The van der Waals surface area contributed by atoms with Crippen LogP contribution in [0.4, 0.5) is 4.39 Å². The third-order valence-electron chi connectivity index (χ3n) is 3.09. The number of aryl methyl sites for hydroxylation is 2. The van der Waals surface area contributed by atoms with Gasteiger partial charge >= 0.3 is 0 Å². The van der Waals surface area contributed by atoms with Gasteiger partial charge in [0.2, 0.25) is 0 Å². The number of rotatable bonds is 7. The monoisotopic (exact) mass is 261 g/mol. The zero-order valence-electron chi connectivity index (χ0n) is 11.3. The minimum Gasteiger partial charge on any atom is -0.333 e. The molecule has 0 spiro atoms. The SMILES string of the molecule is CCCNCc1cncn1CCc1ccc(F)cc1. The van der Waals surface area contributed by atoms with Crippen LogP contribution in [-0.4, -0.2) is 16.1 Å². The Labute approximate surface area is 113 Å². The Morgan fingerprint density at radius 2 is 2.05 bits per heavy atom. The molecule has 0 amide bonds. The zero-order valence-corrected chi connectivity index (χ0v) is 11.3. The van der Waals surface area contributed by atoms with E-state index in [1.807, 2.05) is 24.7 Å². The van der Waals surface area contributed by atoms with E-state index in [9.17, 15) is 4.39 Å². The first kappa shape index (κ1) is 13.7. The number of aromatic nitrogens is 2. The first-order valence-electron chi connectivity index (χ1n) is 6.73. The molecule has 0 radical (unpaired) electrons. The summed E-state index contributed by atoms with van der Waals surface area (Å²) in [5.74, 6) is -0.184. The van der Waals surface area contributed by atoms with Gasteiger partial charge < -0.3 is 9.88 Å². The van der Waals surface area contributed by atoms with Crippen LogP contribution in [0.5, 0.6) is 0 Å². The molecule has 0 saturated heterocycles. The molecule has 1 heterocycles. The number of imidazole rings is 1. The fraction of sp³-hybridized carbons (Fsp3) is 0.400. The molecule has 1 aromatic heterocycles. The Bertz CT molecular complexity index is 490. The van der Waals surface area contributed by atoms with Gasteiger partial charge in [-0.05, 0) is 37.1 Å². The van der Waals surface area contributed by atoms with Crippen LogP contribution in [0.25, 0.3) is 0 Å². The minimum atomic E-state index is -0.184. The van der Waals surface area contributed by atoms with Crippen molar-refractivity contribution < 1.29 is 4.39 Å². The number of nitrogens with one attached hydrogen (secondary N) is 1. The summed E-state index contributed by atoms with van der Waals surface area (Å²) in [5, 5.41) is 3.37. The molecule has 0 fully saturated rings. The molecule has 0 aliphatic heterocycles. The smallest absolute Gasteiger partial charge is 0.123 e. The quantitative estimate of drug-likeness (QED) is 0.777. The standard InChI is InChI=1S/C15H20FN3/c1-2-8-17-10-15-11-18-12-19(15)9-7-13-3-5-14(16)6-4-13/h3-6,11-12,17H,2,7-10H2,1H3. The average molecular weight is 261 g/mol. The number of halogens is 1. The molecule has 1 N–H and O–H groups in total. The second-order valence-electron chi connectivity index (χ2n) is 4.63. The van der Waals surface area contributed by atoms with Gasteiger partial charge in [0.25, 0.3) is 0 Å². The van der Waals surface area contributed by atoms with E-state index in [4.69, 9.17) is 0 Å². The lowest BCUT2D eigenvalue weighted by molar-refractivity contribution is 0.602. The first-order chi connectivity index (χ1) is 9.29. The molecular weight excluding hydrogens is 241 g/mol. The maximum Gasteiger partial charge on any atom is 0.123 e. The van der Waals surface area contributed by atoms with Crippen molar-refractivity contribution in [1.29, 1.82) is 0 Å². The summed E-state index contributed by atoms with van der Waals surface area (Å²) in [4.78, 5) is 4.19. The summed E-state index contributed by atoms with van der Waals surface area (Å²) in [6, 6.07) is 6.68. The van der Waals surface area contributed by atoms with Crippen LogP contribution in [0, 0.1) is 5.82 Å². The lowest BCUT2D eigenvalue weighted by Gasteiger charge is -2.09. The average Bonchev–Trinajstić information content (AvgIpc) is 2.86. The van der Waals surface area contributed by atoms with E-state index in [0.717, 1.165) is 38.0 Å². The predicted molar refractivity (Wildman–Crippen MR) is 74.3 cm³/mol. The molecular formula is C15H20FN3. The number of nitrogens with zero attached hydrogens (tertiary/aromatic N) is 2. The van der Waals surface area contributed by atoms with Crippen molar-refractivity contribution in [1.82, 2.24) is 14.9 Å². The van der Waals surface area contributed by atoms with E-state index in [1.54, 1.807) is 0 Å². The second kappa shape index (κ2) is 7.04. The Hall–Kier alpha value is -1.68. The molecule has 4 heteroatoms. The summed E-state index contributed by atoms with van der Waals surface area (Å²) in [6.45, 7) is 4.88. The summed E-state index contributed by atoms with van der Waals surface area (Å²) in [5.41, 5.74) is 2.33. The van der Waals surface area contributed by atoms with Gasteiger partial charge in [0.1, 0.15) is 5.82 Å². The molecule has 102 valence electrons. The highest BCUT2D eigenvalue weighted by molar-refractivity contribution is 5.16. The van der Waals surface area contributed by atoms with Crippen molar-refractivity contribution >= 4 is 0 Å². The molecule has 2 rings (SSSR count). The highest BCUT2D eigenvalue weighted by atomic mass is 19.1. The van der Waals surface area contributed by atoms with Gasteiger partial charge in [0.05, 0.1) is 12.0 Å². The zero-order chi connectivity index (χ0) is 13.5. The summed E-state index contributed by atoms with van der Waals surface area (Å²) in [6.07, 6.45) is 5.76. The van der Waals surface area contributed by atoms with E-state index >= 15 is 0 Å². The molecule has 0 atom stereocenters. The van der Waals surface area contributed by atoms with Crippen molar-refractivity contribution in [2.45, 2.75) is 32.9 Å². The third-order valence-corrected chi connectivity index (χ3v) is 3.09. The molecule has 0 saturated carbocycles. The van der Waals surface area contributed by atoms with Crippen LogP contribution in [-0.2, 0) is 19.5 Å². The van der Waals surface area contributed by atoms with Gasteiger partial charge in [-0.1, -0.05) is 19.1 Å². The lowest BCUT2D eigenvalue weighted by atomic mass is 10.1. The van der Waals surface area contributed by atoms with E-state index in [1.165, 1.54) is 17.8 Å². The van der Waals surface area contributed by atoms with Gasteiger partial charge in [-0.2, -0.15) is 0 Å². The predicted octanol–water partition coefficient (Wildman–Crippen LogP) is 2.76. The Morgan fingerprint density at radius 3 is 2.79 bits per heavy atom. The van der Waals surface area contributed by atoms with Gasteiger partial charge in [0, 0.05) is 19.3 Å². The van der Waals surface area contributed by atoms with Crippen LogP contribution in [0.3, 0.4) is 0 Å². The number of hydrogen-bond donors (Lipinski definition) is 1. The first-order valence-corrected chi connectivity index (χ1v) is 6.73. The van der Waals surface area contributed by atoms with Gasteiger partial charge in [-0.3, -0.25) is 0 Å². The molecule has 19 heavy (non-hydrogen) atoms. The maximum absolute atomic E-state index is 12.8. The van der Waals surface area contributed by atoms with Crippen LogP contribution >= 0.6 is 0 Å². The summed E-state index contributed by atoms with van der Waals surface area (Å²) < 4.78 is 15.0. The van der Waals surface area contributed by atoms with Gasteiger partial charge in [0.15, 0.2) is 0 Å². The van der Waals surface area contributed by atoms with E-state index in [2.05, 4.69) is 21.8 Å². The highest BCUT2D eigenvalue weighted by Gasteiger charge is 2.02. The van der Waals surface area contributed by atoms with Crippen molar-refractivity contribution in [3.8, 4) is 0 Å². The normalized spacial score (nSPS) is 10.8. The van der Waals surface area contributed by atoms with Crippen molar-refractivity contribution in [3.63, 3.8) is 0 Å². The van der Waals surface area contributed by atoms with Crippen LogP contribution < -0.4 is 5.32 Å². The highest BCUT2D eigenvalue weighted by Crippen LogP contribution is 2.06. The van der Waals surface area contributed by atoms with Gasteiger partial charge in [-0.15, -0.1) is 0 Å². The van der Waals surface area contributed by atoms with Crippen LogP contribution in [0.15, 0.2) is 36.8 Å². The van der Waals surface area contributed by atoms with Crippen molar-refractivity contribution in [2.24, 2.45) is 0 Å². The van der Waals surface area contributed by atoms with E-state index in [0.29, 0.717) is 0 Å². The molecule has 0 aliphatic carbocycles. The Kier molecular flexibility index (Phi) is 5.10.